The number of amides is 1. The van der Waals surface area contributed by atoms with E-state index in [-0.39, 0.29) is 30.3 Å². The molecule has 0 atom stereocenters. The molecule has 0 aromatic heterocycles. The molecule has 2 N–H and O–H groups in total. The van der Waals surface area contributed by atoms with Crippen molar-refractivity contribution in [1.29, 1.82) is 0 Å². The molecule has 1 aliphatic rings. The maximum Gasteiger partial charge on any atom is 0.243 e. The van der Waals surface area contributed by atoms with Crippen LogP contribution in [-0.4, -0.2) is 56.3 Å². The van der Waals surface area contributed by atoms with Gasteiger partial charge >= 0.3 is 0 Å². The van der Waals surface area contributed by atoms with E-state index >= 15 is 0 Å². The predicted molar refractivity (Wildman–Crippen MR) is 80.0 cm³/mol. The zero-order valence-electron chi connectivity index (χ0n) is 12.2. The fourth-order valence-electron chi connectivity index (χ4n) is 2.42. The maximum absolute atomic E-state index is 12.9. The lowest BCUT2D eigenvalue weighted by molar-refractivity contribution is -0.130. The molecular formula is C14H20FN3O3S. The SMILES string of the molecule is NCCC(=O)N1CCCN(S(=O)(=O)c2ccc(F)cc2)CC1. The molecule has 22 heavy (non-hydrogen) atoms. The Morgan fingerprint density at radius 2 is 1.82 bits per heavy atom. The molecule has 0 unspecified atom stereocenters. The van der Waals surface area contributed by atoms with E-state index in [1.807, 2.05) is 0 Å². The summed E-state index contributed by atoms with van der Waals surface area (Å²) in [7, 11) is -3.66. The van der Waals surface area contributed by atoms with Crippen molar-refractivity contribution >= 4 is 15.9 Å². The van der Waals surface area contributed by atoms with Gasteiger partial charge in [-0.3, -0.25) is 4.79 Å². The van der Waals surface area contributed by atoms with Gasteiger partial charge in [0.05, 0.1) is 4.90 Å². The number of rotatable bonds is 4. The van der Waals surface area contributed by atoms with E-state index in [2.05, 4.69) is 0 Å². The first-order valence-electron chi connectivity index (χ1n) is 7.18. The molecule has 1 aliphatic heterocycles. The summed E-state index contributed by atoms with van der Waals surface area (Å²) in [5, 5.41) is 0. The molecule has 6 nitrogen and oxygen atoms in total. The maximum atomic E-state index is 12.9. The zero-order valence-corrected chi connectivity index (χ0v) is 13.1. The molecule has 0 saturated carbocycles. The molecule has 0 radical (unpaired) electrons. The van der Waals surface area contributed by atoms with E-state index in [0.29, 0.717) is 26.1 Å². The van der Waals surface area contributed by atoms with Crippen LogP contribution in [0.15, 0.2) is 29.2 Å². The molecule has 1 saturated heterocycles. The minimum absolute atomic E-state index is 0.0523. The first-order chi connectivity index (χ1) is 10.4. The van der Waals surface area contributed by atoms with E-state index in [0.717, 1.165) is 12.1 Å². The Balaban J connectivity index is 2.10. The summed E-state index contributed by atoms with van der Waals surface area (Å²) in [5.74, 6) is -0.531. The Morgan fingerprint density at radius 1 is 1.14 bits per heavy atom. The number of nitrogens with zero attached hydrogens (tertiary/aromatic N) is 2. The van der Waals surface area contributed by atoms with Crippen LogP contribution in [0, 0.1) is 5.82 Å². The van der Waals surface area contributed by atoms with Gasteiger partial charge < -0.3 is 10.6 Å². The van der Waals surface area contributed by atoms with Gasteiger partial charge in [0.15, 0.2) is 0 Å². The van der Waals surface area contributed by atoms with E-state index in [4.69, 9.17) is 5.73 Å². The van der Waals surface area contributed by atoms with E-state index in [1.54, 1.807) is 4.90 Å². The van der Waals surface area contributed by atoms with Crippen LogP contribution in [0.25, 0.3) is 0 Å². The summed E-state index contributed by atoms with van der Waals surface area (Å²) in [4.78, 5) is 13.6. The highest BCUT2D eigenvalue weighted by Gasteiger charge is 2.27. The fraction of sp³-hybridized carbons (Fsp3) is 0.500. The Kier molecular flexibility index (Phi) is 5.49. The quantitative estimate of drug-likeness (QED) is 0.866. The summed E-state index contributed by atoms with van der Waals surface area (Å²) in [6, 6.07) is 4.77. The number of sulfonamides is 1. The summed E-state index contributed by atoms with van der Waals surface area (Å²) in [6.45, 7) is 1.72. The van der Waals surface area contributed by atoms with Crippen molar-refractivity contribution in [2.75, 3.05) is 32.7 Å². The molecule has 1 heterocycles. The second-order valence-electron chi connectivity index (χ2n) is 5.13. The summed E-state index contributed by atoms with van der Waals surface area (Å²) in [5.41, 5.74) is 5.38. The largest absolute Gasteiger partial charge is 0.341 e. The monoisotopic (exact) mass is 329 g/mol. The Hall–Kier alpha value is -1.51. The zero-order chi connectivity index (χ0) is 16.2. The van der Waals surface area contributed by atoms with Crippen LogP contribution in [0.1, 0.15) is 12.8 Å². The Bertz CT molecular complexity index is 619. The number of hydrogen-bond donors (Lipinski definition) is 1. The lowest BCUT2D eigenvalue weighted by Gasteiger charge is -2.21. The van der Waals surface area contributed by atoms with Crippen molar-refractivity contribution in [1.82, 2.24) is 9.21 Å². The second kappa shape index (κ2) is 7.17. The smallest absolute Gasteiger partial charge is 0.243 e. The predicted octanol–water partition coefficient (Wildman–Crippen LogP) is 0.397. The normalized spacial score (nSPS) is 17.3. The van der Waals surface area contributed by atoms with Crippen LogP contribution in [-0.2, 0) is 14.8 Å². The number of hydrogen-bond acceptors (Lipinski definition) is 4. The number of carbonyl (C=O) groups excluding carboxylic acids is 1. The average molecular weight is 329 g/mol. The van der Waals surface area contributed by atoms with Gasteiger partial charge in [-0.25, -0.2) is 12.8 Å². The van der Waals surface area contributed by atoms with E-state index in [9.17, 15) is 17.6 Å². The van der Waals surface area contributed by atoms with Crippen LogP contribution in [0.4, 0.5) is 4.39 Å². The molecule has 2 rings (SSSR count). The minimum Gasteiger partial charge on any atom is -0.341 e. The van der Waals surface area contributed by atoms with Gasteiger partial charge in [0.1, 0.15) is 5.82 Å². The molecule has 0 aliphatic carbocycles. The number of nitrogens with two attached hydrogens (primary N) is 1. The highest BCUT2D eigenvalue weighted by molar-refractivity contribution is 7.89. The first kappa shape index (κ1) is 16.9. The van der Waals surface area contributed by atoms with Crippen LogP contribution in [0.3, 0.4) is 0 Å². The standard InChI is InChI=1S/C14H20FN3O3S/c15-12-2-4-13(5-3-12)22(20,21)18-9-1-8-17(10-11-18)14(19)6-7-16/h2-5H,1,6-11,16H2. The molecule has 0 bridgehead atoms. The molecule has 8 heteroatoms. The van der Waals surface area contributed by atoms with Crippen molar-refractivity contribution in [3.63, 3.8) is 0 Å². The average Bonchev–Trinajstić information content (AvgIpc) is 2.74. The molecular weight excluding hydrogens is 309 g/mol. The van der Waals surface area contributed by atoms with Gasteiger partial charge in [0.25, 0.3) is 0 Å². The van der Waals surface area contributed by atoms with E-state index in [1.165, 1.54) is 16.4 Å². The van der Waals surface area contributed by atoms with Gasteiger partial charge in [-0.15, -0.1) is 0 Å². The molecule has 1 aromatic carbocycles. The van der Waals surface area contributed by atoms with Crippen LogP contribution in [0.2, 0.25) is 0 Å². The van der Waals surface area contributed by atoms with Crippen molar-refractivity contribution in [2.24, 2.45) is 5.73 Å². The van der Waals surface area contributed by atoms with Gasteiger partial charge in [-0.1, -0.05) is 0 Å². The van der Waals surface area contributed by atoms with Crippen molar-refractivity contribution < 1.29 is 17.6 Å². The third kappa shape index (κ3) is 3.82. The van der Waals surface area contributed by atoms with Gasteiger partial charge in [0.2, 0.25) is 15.9 Å². The van der Waals surface area contributed by atoms with E-state index < -0.39 is 15.8 Å². The van der Waals surface area contributed by atoms with Crippen LogP contribution in [0.5, 0.6) is 0 Å². The first-order valence-corrected chi connectivity index (χ1v) is 8.62. The molecule has 122 valence electrons. The molecule has 1 amide bonds. The molecule has 0 spiro atoms. The number of benzene rings is 1. The van der Waals surface area contributed by atoms with Gasteiger partial charge in [-0.2, -0.15) is 4.31 Å². The van der Waals surface area contributed by atoms with Crippen molar-refractivity contribution in [2.45, 2.75) is 17.7 Å². The van der Waals surface area contributed by atoms with Gasteiger partial charge in [0, 0.05) is 39.1 Å². The number of halogens is 1. The van der Waals surface area contributed by atoms with Crippen LogP contribution >= 0.6 is 0 Å². The lowest BCUT2D eigenvalue weighted by Crippen LogP contribution is -2.37. The Morgan fingerprint density at radius 3 is 2.45 bits per heavy atom. The summed E-state index contributed by atoms with van der Waals surface area (Å²) in [6.07, 6.45) is 0.835. The topological polar surface area (TPSA) is 83.7 Å². The lowest BCUT2D eigenvalue weighted by atomic mass is 10.3. The summed E-state index contributed by atoms with van der Waals surface area (Å²) < 4.78 is 39.3. The third-order valence-electron chi connectivity index (χ3n) is 3.62. The Labute approximate surface area is 129 Å². The van der Waals surface area contributed by atoms with Crippen molar-refractivity contribution in [3.8, 4) is 0 Å². The van der Waals surface area contributed by atoms with Gasteiger partial charge in [-0.05, 0) is 30.7 Å². The molecule has 1 fully saturated rings. The minimum atomic E-state index is -3.66. The van der Waals surface area contributed by atoms with Crippen molar-refractivity contribution in [3.05, 3.63) is 30.1 Å². The molecule has 1 aromatic rings. The highest BCUT2D eigenvalue weighted by atomic mass is 32.2. The summed E-state index contributed by atoms with van der Waals surface area (Å²) >= 11 is 0. The third-order valence-corrected chi connectivity index (χ3v) is 5.53. The second-order valence-corrected chi connectivity index (χ2v) is 7.07. The van der Waals surface area contributed by atoms with Crippen LogP contribution < -0.4 is 5.73 Å². The highest BCUT2D eigenvalue weighted by Crippen LogP contribution is 2.18. The number of carbonyl (C=O) groups is 1. The fourth-order valence-corrected chi connectivity index (χ4v) is 3.89.